The predicted molar refractivity (Wildman–Crippen MR) is 61.6 cm³/mol. The van der Waals surface area contributed by atoms with E-state index >= 15 is 0 Å². The van der Waals surface area contributed by atoms with Crippen LogP contribution in [0.3, 0.4) is 0 Å². The number of carbonyl (C=O) groups is 1. The number of hydrogen-bond acceptors (Lipinski definition) is 3. The van der Waals surface area contributed by atoms with Crippen LogP contribution in [-0.4, -0.2) is 11.3 Å². The summed E-state index contributed by atoms with van der Waals surface area (Å²) in [7, 11) is 0. The molecule has 0 aliphatic heterocycles. The number of para-hydroxylation sites is 3. The van der Waals surface area contributed by atoms with Crippen molar-refractivity contribution in [3.8, 4) is 17.2 Å². The van der Waals surface area contributed by atoms with Crippen LogP contribution in [0.1, 0.15) is 0 Å². The van der Waals surface area contributed by atoms with Crippen LogP contribution in [0.2, 0.25) is 0 Å². The normalized spacial score (nSPS) is 9.65. The minimum Gasteiger partial charge on any atom is -0.453 e. The highest BCUT2D eigenvalue weighted by Crippen LogP contribution is 2.30. The molecule has 2 aromatic carbocycles. The topological polar surface area (TPSA) is 55.8 Å². The second kappa shape index (κ2) is 5.03. The molecular weight excluding hydrogens is 220 g/mol. The first-order chi connectivity index (χ1) is 8.25. The van der Waals surface area contributed by atoms with Gasteiger partial charge >= 0.3 is 6.16 Å². The van der Waals surface area contributed by atoms with Crippen molar-refractivity contribution in [1.29, 1.82) is 0 Å². The quantitative estimate of drug-likeness (QED) is 0.647. The Morgan fingerprint density at radius 1 is 0.882 bits per heavy atom. The minimum absolute atomic E-state index is 0.170. The van der Waals surface area contributed by atoms with Gasteiger partial charge in [-0.1, -0.05) is 30.3 Å². The Hall–Kier alpha value is -2.49. The van der Waals surface area contributed by atoms with E-state index in [1.165, 1.54) is 6.07 Å². The van der Waals surface area contributed by atoms with Gasteiger partial charge in [0.2, 0.25) is 0 Å². The van der Waals surface area contributed by atoms with Crippen LogP contribution < -0.4 is 9.47 Å². The molecule has 2 aromatic rings. The molecule has 0 atom stereocenters. The molecule has 0 amide bonds. The maximum absolute atomic E-state index is 10.5. The zero-order valence-electron chi connectivity index (χ0n) is 8.87. The third kappa shape index (κ3) is 2.98. The summed E-state index contributed by atoms with van der Waals surface area (Å²) in [5.74, 6) is 1.15. The van der Waals surface area contributed by atoms with E-state index in [2.05, 4.69) is 4.74 Å². The predicted octanol–water partition coefficient (Wildman–Crippen LogP) is 3.54. The summed E-state index contributed by atoms with van der Waals surface area (Å²) in [6, 6.07) is 15.7. The SMILES string of the molecule is O=C(O)Oc1ccccc1Oc1ccccc1. The van der Waals surface area contributed by atoms with Crippen molar-refractivity contribution in [2.75, 3.05) is 0 Å². The lowest BCUT2D eigenvalue weighted by Gasteiger charge is -2.09. The van der Waals surface area contributed by atoms with Gasteiger partial charge in [-0.3, -0.25) is 0 Å². The van der Waals surface area contributed by atoms with E-state index in [9.17, 15) is 4.79 Å². The highest BCUT2D eigenvalue weighted by atomic mass is 16.7. The Kier molecular flexibility index (Phi) is 3.25. The molecule has 17 heavy (non-hydrogen) atoms. The van der Waals surface area contributed by atoms with Gasteiger partial charge in [0.05, 0.1) is 0 Å². The van der Waals surface area contributed by atoms with E-state index in [0.717, 1.165) is 0 Å². The molecule has 4 heteroatoms. The van der Waals surface area contributed by atoms with Gasteiger partial charge in [-0.15, -0.1) is 0 Å². The Bertz CT molecular complexity index is 508. The number of benzene rings is 2. The van der Waals surface area contributed by atoms with Crippen molar-refractivity contribution >= 4 is 6.16 Å². The lowest BCUT2D eigenvalue weighted by molar-refractivity contribution is 0.143. The zero-order valence-corrected chi connectivity index (χ0v) is 8.87. The Morgan fingerprint density at radius 3 is 2.12 bits per heavy atom. The summed E-state index contributed by atoms with van der Waals surface area (Å²) in [6.07, 6.45) is -1.37. The van der Waals surface area contributed by atoms with Crippen molar-refractivity contribution in [3.63, 3.8) is 0 Å². The van der Waals surface area contributed by atoms with Gasteiger partial charge in [0.1, 0.15) is 5.75 Å². The van der Waals surface area contributed by atoms with Crippen molar-refractivity contribution in [1.82, 2.24) is 0 Å². The Morgan fingerprint density at radius 2 is 1.47 bits per heavy atom. The second-order valence-electron chi connectivity index (χ2n) is 3.23. The average Bonchev–Trinajstić information content (AvgIpc) is 2.32. The van der Waals surface area contributed by atoms with Crippen molar-refractivity contribution in [2.24, 2.45) is 0 Å². The first-order valence-corrected chi connectivity index (χ1v) is 4.98. The lowest BCUT2D eigenvalue weighted by atomic mass is 10.3. The smallest absolute Gasteiger partial charge is 0.453 e. The Labute approximate surface area is 98.0 Å². The first kappa shape index (κ1) is 11.0. The van der Waals surface area contributed by atoms with Gasteiger partial charge in [-0.05, 0) is 24.3 Å². The van der Waals surface area contributed by atoms with Gasteiger partial charge in [-0.2, -0.15) is 0 Å². The molecule has 0 fully saturated rings. The third-order valence-corrected chi connectivity index (χ3v) is 2.02. The molecule has 0 radical (unpaired) electrons. The van der Waals surface area contributed by atoms with Gasteiger partial charge in [0.25, 0.3) is 0 Å². The maximum atomic E-state index is 10.5. The molecule has 2 rings (SSSR count). The Balaban J connectivity index is 2.23. The van der Waals surface area contributed by atoms with Crippen LogP contribution >= 0.6 is 0 Å². The van der Waals surface area contributed by atoms with Gasteiger partial charge in [0.15, 0.2) is 11.5 Å². The van der Waals surface area contributed by atoms with Gasteiger partial charge in [0, 0.05) is 0 Å². The molecule has 4 nitrogen and oxygen atoms in total. The summed E-state index contributed by atoms with van der Waals surface area (Å²) in [5, 5.41) is 8.58. The fourth-order valence-corrected chi connectivity index (χ4v) is 1.33. The van der Waals surface area contributed by atoms with Gasteiger partial charge in [-0.25, -0.2) is 4.79 Å². The fraction of sp³-hybridized carbons (Fsp3) is 0. The zero-order chi connectivity index (χ0) is 12.1. The van der Waals surface area contributed by atoms with E-state index < -0.39 is 6.16 Å². The van der Waals surface area contributed by atoms with E-state index in [1.54, 1.807) is 30.3 Å². The number of carboxylic acid groups (broad SMARTS) is 1. The maximum Gasteiger partial charge on any atom is 0.511 e. The van der Waals surface area contributed by atoms with E-state index in [4.69, 9.17) is 9.84 Å². The average molecular weight is 230 g/mol. The monoisotopic (exact) mass is 230 g/mol. The van der Waals surface area contributed by atoms with Crippen LogP contribution in [0.25, 0.3) is 0 Å². The summed E-state index contributed by atoms with van der Waals surface area (Å²) in [5.41, 5.74) is 0. The summed E-state index contributed by atoms with van der Waals surface area (Å²) < 4.78 is 10.1. The standard InChI is InChI=1S/C13H10O4/c14-13(15)17-12-9-5-4-8-11(12)16-10-6-2-1-3-7-10/h1-9H,(H,14,15). The third-order valence-electron chi connectivity index (χ3n) is 2.02. The molecule has 0 aliphatic carbocycles. The number of rotatable bonds is 3. The molecule has 86 valence electrons. The summed E-state index contributed by atoms with van der Waals surface area (Å²) in [4.78, 5) is 10.5. The van der Waals surface area contributed by atoms with Crippen LogP contribution in [0.4, 0.5) is 4.79 Å². The number of hydrogen-bond donors (Lipinski definition) is 1. The molecule has 0 bridgehead atoms. The molecular formula is C13H10O4. The largest absolute Gasteiger partial charge is 0.511 e. The molecule has 0 saturated carbocycles. The molecule has 0 saturated heterocycles. The summed E-state index contributed by atoms with van der Waals surface area (Å²) >= 11 is 0. The fourth-order valence-electron chi connectivity index (χ4n) is 1.33. The van der Waals surface area contributed by atoms with Crippen LogP contribution in [-0.2, 0) is 0 Å². The van der Waals surface area contributed by atoms with Crippen molar-refractivity contribution < 1.29 is 19.4 Å². The minimum atomic E-state index is -1.37. The molecule has 1 N–H and O–H groups in total. The first-order valence-electron chi connectivity index (χ1n) is 4.98. The van der Waals surface area contributed by atoms with E-state index in [0.29, 0.717) is 11.5 Å². The molecule has 0 aliphatic rings. The van der Waals surface area contributed by atoms with E-state index in [-0.39, 0.29) is 5.75 Å². The molecule has 0 heterocycles. The van der Waals surface area contributed by atoms with Crippen LogP contribution in [0, 0.1) is 0 Å². The van der Waals surface area contributed by atoms with Crippen molar-refractivity contribution in [3.05, 3.63) is 54.6 Å². The highest BCUT2D eigenvalue weighted by Gasteiger charge is 2.08. The molecule has 0 spiro atoms. The second-order valence-corrected chi connectivity index (χ2v) is 3.23. The van der Waals surface area contributed by atoms with Gasteiger partial charge < -0.3 is 14.6 Å². The number of ether oxygens (including phenoxy) is 2. The van der Waals surface area contributed by atoms with Crippen molar-refractivity contribution in [2.45, 2.75) is 0 Å². The molecule has 0 aromatic heterocycles. The van der Waals surface area contributed by atoms with Crippen LogP contribution in [0.15, 0.2) is 54.6 Å². The summed E-state index contributed by atoms with van der Waals surface area (Å²) in [6.45, 7) is 0. The highest BCUT2D eigenvalue weighted by molar-refractivity contribution is 5.63. The molecule has 0 unspecified atom stereocenters. The van der Waals surface area contributed by atoms with E-state index in [1.807, 2.05) is 18.2 Å². The van der Waals surface area contributed by atoms with Crippen LogP contribution in [0.5, 0.6) is 17.2 Å². The lowest BCUT2D eigenvalue weighted by Crippen LogP contribution is -2.03.